The molecule has 4 heterocycles. The van der Waals surface area contributed by atoms with Crippen molar-refractivity contribution in [3.8, 4) is 0 Å². The minimum absolute atomic E-state index is 0.0792. The summed E-state index contributed by atoms with van der Waals surface area (Å²) in [4.78, 5) is 27.9. The Labute approximate surface area is 173 Å². The number of rotatable bonds is 6. The Hall–Kier alpha value is -3.07. The van der Waals surface area contributed by atoms with E-state index in [1.807, 2.05) is 18.3 Å². The number of fused-ring (bicyclic) bond motifs is 4. The lowest BCUT2D eigenvalue weighted by Gasteiger charge is -2.19. The summed E-state index contributed by atoms with van der Waals surface area (Å²) >= 11 is 0. The second kappa shape index (κ2) is 7.32. The molecule has 1 fully saturated rings. The van der Waals surface area contributed by atoms with Gasteiger partial charge in [-0.05, 0) is 36.6 Å². The van der Waals surface area contributed by atoms with E-state index in [-0.39, 0.29) is 37.2 Å². The molecule has 9 nitrogen and oxygen atoms in total. The summed E-state index contributed by atoms with van der Waals surface area (Å²) in [7, 11) is 1.36. The molecule has 158 valence electrons. The number of nitrogens with zero attached hydrogens (tertiary/aromatic N) is 4. The van der Waals surface area contributed by atoms with Gasteiger partial charge in [0.25, 0.3) is 0 Å². The number of cyclic esters (lactones) is 1. The number of aromatic nitrogens is 2. The van der Waals surface area contributed by atoms with Gasteiger partial charge in [0.2, 0.25) is 0 Å². The van der Waals surface area contributed by atoms with Crippen LogP contribution in [0.4, 0.5) is 16.2 Å². The molecule has 5 rings (SSSR count). The molecule has 0 radical (unpaired) electrons. The van der Waals surface area contributed by atoms with Crippen molar-refractivity contribution in [3.63, 3.8) is 0 Å². The third kappa shape index (κ3) is 3.09. The van der Waals surface area contributed by atoms with Crippen LogP contribution in [0.25, 0.3) is 0 Å². The van der Waals surface area contributed by atoms with Crippen LogP contribution >= 0.6 is 0 Å². The van der Waals surface area contributed by atoms with Gasteiger partial charge in [0.1, 0.15) is 6.10 Å². The van der Waals surface area contributed by atoms with Crippen LogP contribution in [0.3, 0.4) is 0 Å². The molecule has 9 heteroatoms. The predicted octanol–water partition coefficient (Wildman–Crippen LogP) is 1.60. The van der Waals surface area contributed by atoms with E-state index in [1.54, 1.807) is 9.58 Å². The van der Waals surface area contributed by atoms with E-state index in [9.17, 15) is 9.59 Å². The van der Waals surface area contributed by atoms with Gasteiger partial charge in [-0.1, -0.05) is 0 Å². The summed E-state index contributed by atoms with van der Waals surface area (Å²) in [5.74, 6) is -0.295. The van der Waals surface area contributed by atoms with Crippen LogP contribution < -0.4 is 9.80 Å². The fourth-order valence-electron chi connectivity index (χ4n) is 4.68. The molecule has 3 aliphatic rings. The van der Waals surface area contributed by atoms with Gasteiger partial charge in [0.15, 0.2) is 0 Å². The molecule has 0 bridgehead atoms. The maximum Gasteiger partial charge on any atom is 0.415 e. The predicted molar refractivity (Wildman–Crippen MR) is 107 cm³/mol. The molecule has 2 atom stereocenters. The van der Waals surface area contributed by atoms with E-state index in [0.29, 0.717) is 19.4 Å². The zero-order valence-corrected chi connectivity index (χ0v) is 16.8. The Kier molecular flexibility index (Phi) is 4.62. The Morgan fingerprint density at radius 1 is 1.33 bits per heavy atom. The number of aliphatic hydroxyl groups is 1. The number of carbonyl (C=O) groups is 2. The van der Waals surface area contributed by atoms with E-state index in [4.69, 9.17) is 14.6 Å². The van der Waals surface area contributed by atoms with E-state index in [1.165, 1.54) is 12.7 Å². The first-order valence-corrected chi connectivity index (χ1v) is 10.2. The number of hydrogen-bond donors (Lipinski definition) is 1. The largest absolute Gasteiger partial charge is 0.469 e. The van der Waals surface area contributed by atoms with Gasteiger partial charge in [0.05, 0.1) is 44.2 Å². The van der Waals surface area contributed by atoms with E-state index >= 15 is 0 Å². The summed E-state index contributed by atoms with van der Waals surface area (Å²) in [5, 5.41) is 13.6. The van der Waals surface area contributed by atoms with Crippen molar-refractivity contribution in [2.75, 3.05) is 23.5 Å². The van der Waals surface area contributed by atoms with Gasteiger partial charge in [-0.25, -0.2) is 4.79 Å². The van der Waals surface area contributed by atoms with Crippen molar-refractivity contribution in [2.45, 2.75) is 51.0 Å². The minimum Gasteiger partial charge on any atom is -0.469 e. The van der Waals surface area contributed by atoms with Gasteiger partial charge in [-0.2, -0.15) is 5.10 Å². The topological polar surface area (TPSA) is 97.1 Å². The highest BCUT2D eigenvalue weighted by Gasteiger charge is 2.47. The Balaban J connectivity index is 1.31. The second-order valence-electron chi connectivity index (χ2n) is 7.94. The van der Waals surface area contributed by atoms with Crippen molar-refractivity contribution in [1.82, 2.24) is 9.78 Å². The van der Waals surface area contributed by atoms with E-state index < -0.39 is 0 Å². The van der Waals surface area contributed by atoms with Crippen molar-refractivity contribution in [2.24, 2.45) is 0 Å². The number of hydrogen-bond acceptors (Lipinski definition) is 7. The number of ether oxygens (including phenoxy) is 2. The maximum absolute atomic E-state index is 12.4. The van der Waals surface area contributed by atoms with Crippen LogP contribution in [0.15, 0.2) is 24.4 Å². The average molecular weight is 412 g/mol. The number of methoxy groups -OCH3 is 1. The molecular formula is C21H24N4O5. The Morgan fingerprint density at radius 3 is 2.97 bits per heavy atom. The molecule has 2 aromatic rings. The standard InChI is InChI=1S/C21H24N4O5/c1-29-20(27)5-4-19-18-9-13-8-15(2-3-17(13)25(18)21(28)30-19)23-10-14-11-24(6-7-26)22-16(14)12-23/h2-3,8,11,18-19,26H,4-7,9-10,12H2,1H3/t18-,19-/m0/s1. The van der Waals surface area contributed by atoms with Crippen molar-refractivity contribution < 1.29 is 24.2 Å². The fourth-order valence-corrected chi connectivity index (χ4v) is 4.68. The third-order valence-electron chi connectivity index (χ3n) is 6.14. The van der Waals surface area contributed by atoms with Gasteiger partial charge < -0.3 is 19.5 Å². The lowest BCUT2D eigenvalue weighted by molar-refractivity contribution is -0.141. The van der Waals surface area contributed by atoms with Crippen LogP contribution in [0.2, 0.25) is 0 Å². The number of aliphatic hydroxyl groups excluding tert-OH is 1. The van der Waals surface area contributed by atoms with Crippen molar-refractivity contribution in [1.29, 1.82) is 0 Å². The second-order valence-corrected chi connectivity index (χ2v) is 7.94. The van der Waals surface area contributed by atoms with Crippen LogP contribution in [-0.4, -0.2) is 52.8 Å². The van der Waals surface area contributed by atoms with Crippen LogP contribution in [-0.2, 0) is 40.3 Å². The lowest BCUT2D eigenvalue weighted by Crippen LogP contribution is -2.33. The zero-order valence-electron chi connectivity index (χ0n) is 16.8. The Morgan fingerprint density at radius 2 is 2.20 bits per heavy atom. The molecule has 1 amide bonds. The Bertz CT molecular complexity index is 980. The summed E-state index contributed by atoms with van der Waals surface area (Å²) in [6.07, 6.45) is 2.75. The average Bonchev–Trinajstić information content (AvgIpc) is 3.46. The number of amides is 1. The van der Waals surface area contributed by atoms with Crippen LogP contribution in [0.1, 0.15) is 29.7 Å². The van der Waals surface area contributed by atoms with Gasteiger partial charge in [-0.15, -0.1) is 0 Å². The zero-order chi connectivity index (χ0) is 20.8. The highest BCUT2D eigenvalue weighted by Crippen LogP contribution is 2.42. The normalized spacial score (nSPS) is 21.5. The first kappa shape index (κ1) is 18.9. The molecule has 0 spiro atoms. The fraction of sp³-hybridized carbons (Fsp3) is 0.476. The highest BCUT2D eigenvalue weighted by molar-refractivity contribution is 5.94. The van der Waals surface area contributed by atoms with Crippen molar-refractivity contribution in [3.05, 3.63) is 41.2 Å². The van der Waals surface area contributed by atoms with Crippen molar-refractivity contribution >= 4 is 23.4 Å². The van der Waals surface area contributed by atoms with Gasteiger partial charge in [-0.3, -0.25) is 14.4 Å². The highest BCUT2D eigenvalue weighted by atomic mass is 16.6. The molecule has 1 aromatic heterocycles. The summed E-state index contributed by atoms with van der Waals surface area (Å²) < 4.78 is 12.0. The van der Waals surface area contributed by atoms with Crippen LogP contribution in [0.5, 0.6) is 0 Å². The molecular weight excluding hydrogens is 388 g/mol. The number of carbonyl (C=O) groups excluding carboxylic acids is 2. The van der Waals surface area contributed by atoms with E-state index in [0.717, 1.165) is 35.7 Å². The summed E-state index contributed by atoms with van der Waals surface area (Å²) in [6.45, 7) is 2.09. The molecule has 1 saturated heterocycles. The maximum atomic E-state index is 12.4. The minimum atomic E-state index is -0.347. The van der Waals surface area contributed by atoms with E-state index in [2.05, 4.69) is 16.1 Å². The molecule has 0 saturated carbocycles. The molecule has 3 aliphatic heterocycles. The van der Waals surface area contributed by atoms with Gasteiger partial charge in [0, 0.05) is 30.4 Å². The SMILES string of the molecule is COC(=O)CC[C@@H]1OC(=O)N2c3ccc(N4Cc5cn(CCO)nc5C4)cc3C[C@@H]12. The van der Waals surface area contributed by atoms with Gasteiger partial charge >= 0.3 is 12.1 Å². The lowest BCUT2D eigenvalue weighted by atomic mass is 10.0. The molecule has 1 aromatic carbocycles. The quantitative estimate of drug-likeness (QED) is 0.720. The number of esters is 1. The third-order valence-corrected chi connectivity index (χ3v) is 6.14. The number of anilines is 2. The smallest absolute Gasteiger partial charge is 0.415 e. The summed E-state index contributed by atoms with van der Waals surface area (Å²) in [5.41, 5.74) is 5.32. The monoisotopic (exact) mass is 412 g/mol. The van der Waals surface area contributed by atoms with Crippen LogP contribution in [0, 0.1) is 0 Å². The number of benzene rings is 1. The molecule has 1 N–H and O–H groups in total. The first-order chi connectivity index (χ1) is 14.6. The summed E-state index contributed by atoms with van der Waals surface area (Å²) in [6, 6.07) is 6.08. The first-order valence-electron chi connectivity index (χ1n) is 10.2. The molecule has 0 aliphatic carbocycles. The molecule has 30 heavy (non-hydrogen) atoms. The molecule has 0 unspecified atom stereocenters.